The quantitative estimate of drug-likeness (QED) is 0.476. The van der Waals surface area contributed by atoms with E-state index < -0.39 is 15.7 Å². The molecule has 112 valence electrons. The van der Waals surface area contributed by atoms with E-state index in [1.165, 1.54) is 19.1 Å². The Balaban J connectivity index is 2.80. The Hall–Kier alpha value is -1.63. The number of nitrogens with zero attached hydrogens (tertiary/aromatic N) is 1. The summed E-state index contributed by atoms with van der Waals surface area (Å²) in [6, 6.07) is 3.77. The van der Waals surface area contributed by atoms with Gasteiger partial charge in [0.2, 0.25) is 0 Å². The van der Waals surface area contributed by atoms with Crippen molar-refractivity contribution in [3.63, 3.8) is 0 Å². The highest BCUT2D eigenvalue weighted by molar-refractivity contribution is 7.91. The molecule has 0 amide bonds. The second-order valence-electron chi connectivity index (χ2n) is 4.33. The number of oxime groups is 1. The van der Waals surface area contributed by atoms with Gasteiger partial charge < -0.3 is 9.94 Å². The first-order valence-corrected chi connectivity index (χ1v) is 8.03. The highest BCUT2D eigenvalue weighted by Gasteiger charge is 2.12. The highest BCUT2D eigenvalue weighted by Crippen LogP contribution is 2.21. The van der Waals surface area contributed by atoms with Crippen molar-refractivity contribution in [3.8, 4) is 5.75 Å². The average molecular weight is 303 g/mol. The zero-order valence-corrected chi connectivity index (χ0v) is 12.3. The molecule has 7 heteroatoms. The van der Waals surface area contributed by atoms with Gasteiger partial charge >= 0.3 is 0 Å². The first-order chi connectivity index (χ1) is 9.39. The lowest BCUT2D eigenvalue weighted by molar-refractivity contribution is 0.317. The Morgan fingerprint density at radius 1 is 1.40 bits per heavy atom. The predicted molar refractivity (Wildman–Crippen MR) is 74.8 cm³/mol. The van der Waals surface area contributed by atoms with E-state index in [2.05, 4.69) is 5.16 Å². The van der Waals surface area contributed by atoms with Gasteiger partial charge in [0.15, 0.2) is 9.84 Å². The van der Waals surface area contributed by atoms with Crippen LogP contribution in [0.15, 0.2) is 23.4 Å². The summed E-state index contributed by atoms with van der Waals surface area (Å²) >= 11 is 0. The topological polar surface area (TPSA) is 76.0 Å². The molecule has 1 rings (SSSR count). The predicted octanol–water partition coefficient (Wildman–Crippen LogP) is 2.23. The largest absolute Gasteiger partial charge is 0.492 e. The summed E-state index contributed by atoms with van der Waals surface area (Å²) in [6.45, 7) is 3.25. The van der Waals surface area contributed by atoms with Crippen LogP contribution in [0.3, 0.4) is 0 Å². The molecule has 20 heavy (non-hydrogen) atoms. The summed E-state index contributed by atoms with van der Waals surface area (Å²) in [6.07, 6.45) is 0.545. The zero-order valence-electron chi connectivity index (χ0n) is 11.5. The maximum absolute atomic E-state index is 13.2. The Labute approximate surface area is 118 Å². The fourth-order valence-corrected chi connectivity index (χ4v) is 2.82. The molecule has 0 saturated heterocycles. The van der Waals surface area contributed by atoms with E-state index in [-0.39, 0.29) is 29.6 Å². The smallest absolute Gasteiger partial charge is 0.153 e. The molecule has 0 fully saturated rings. The van der Waals surface area contributed by atoms with Crippen LogP contribution in [-0.2, 0) is 9.84 Å². The monoisotopic (exact) mass is 303 g/mol. The lowest BCUT2D eigenvalue weighted by Crippen LogP contribution is -2.17. The molecule has 0 aliphatic carbocycles. The van der Waals surface area contributed by atoms with Gasteiger partial charge in [-0.15, -0.1) is 0 Å². The molecular formula is C13H18FNO4S. The van der Waals surface area contributed by atoms with Gasteiger partial charge in [0, 0.05) is 11.6 Å². The van der Waals surface area contributed by atoms with Crippen LogP contribution in [-0.4, -0.2) is 37.4 Å². The second kappa shape index (κ2) is 7.23. The number of hydrogen-bond acceptors (Lipinski definition) is 5. The minimum absolute atomic E-state index is 0.0719. The van der Waals surface area contributed by atoms with Crippen LogP contribution in [0.4, 0.5) is 4.39 Å². The molecule has 0 atom stereocenters. The molecular weight excluding hydrogens is 285 g/mol. The molecule has 5 nitrogen and oxygen atoms in total. The van der Waals surface area contributed by atoms with Crippen LogP contribution in [0.2, 0.25) is 0 Å². The molecule has 0 heterocycles. The van der Waals surface area contributed by atoms with Crippen molar-refractivity contribution in [2.75, 3.05) is 18.1 Å². The van der Waals surface area contributed by atoms with Crippen LogP contribution in [0.25, 0.3) is 0 Å². The van der Waals surface area contributed by atoms with Gasteiger partial charge in [-0.05, 0) is 25.5 Å². The molecule has 0 aliphatic rings. The van der Waals surface area contributed by atoms with Crippen molar-refractivity contribution in [1.82, 2.24) is 0 Å². The zero-order chi connectivity index (χ0) is 15.2. The van der Waals surface area contributed by atoms with E-state index in [0.717, 1.165) is 6.07 Å². The molecule has 0 radical (unpaired) electrons. The van der Waals surface area contributed by atoms with Gasteiger partial charge in [-0.1, -0.05) is 12.1 Å². The third kappa shape index (κ3) is 4.80. The number of sulfone groups is 1. The molecule has 0 saturated carbocycles. The van der Waals surface area contributed by atoms with E-state index in [1.54, 1.807) is 6.92 Å². The summed E-state index contributed by atoms with van der Waals surface area (Å²) < 4.78 is 41.6. The van der Waals surface area contributed by atoms with Gasteiger partial charge in [-0.2, -0.15) is 0 Å². The fourth-order valence-electron chi connectivity index (χ4n) is 1.66. The number of benzene rings is 1. The highest BCUT2D eigenvalue weighted by atomic mass is 32.2. The number of ether oxygens (including phenoxy) is 1. The molecule has 1 aromatic rings. The molecule has 0 bridgehead atoms. The van der Waals surface area contributed by atoms with Crippen LogP contribution in [0, 0.1) is 5.82 Å². The van der Waals surface area contributed by atoms with Gasteiger partial charge in [0.05, 0.1) is 17.2 Å². The van der Waals surface area contributed by atoms with Crippen LogP contribution in [0.1, 0.15) is 25.8 Å². The average Bonchev–Trinajstić information content (AvgIpc) is 2.37. The van der Waals surface area contributed by atoms with E-state index in [4.69, 9.17) is 9.94 Å². The third-order valence-corrected chi connectivity index (χ3v) is 4.47. The Morgan fingerprint density at radius 3 is 2.70 bits per heavy atom. The molecule has 1 N–H and O–H groups in total. The number of hydrogen-bond donors (Lipinski definition) is 1. The van der Waals surface area contributed by atoms with Gasteiger partial charge in [0.25, 0.3) is 0 Å². The van der Waals surface area contributed by atoms with Crippen LogP contribution in [0.5, 0.6) is 5.75 Å². The minimum atomic E-state index is -3.15. The van der Waals surface area contributed by atoms with E-state index >= 15 is 0 Å². The molecule has 0 unspecified atom stereocenters. The summed E-state index contributed by atoms with van der Waals surface area (Å²) in [7, 11) is -3.15. The number of rotatable bonds is 7. The molecule has 0 aromatic heterocycles. The van der Waals surface area contributed by atoms with Crippen molar-refractivity contribution in [2.45, 2.75) is 20.3 Å². The Bertz CT molecular complexity index is 584. The van der Waals surface area contributed by atoms with Gasteiger partial charge in [-0.25, -0.2) is 12.8 Å². The Kier molecular flexibility index (Phi) is 5.94. The second-order valence-corrected chi connectivity index (χ2v) is 6.63. The Morgan fingerprint density at radius 2 is 2.10 bits per heavy atom. The summed E-state index contributed by atoms with van der Waals surface area (Å²) in [5.74, 6) is -0.381. The van der Waals surface area contributed by atoms with Crippen molar-refractivity contribution in [1.29, 1.82) is 0 Å². The van der Waals surface area contributed by atoms with E-state index in [9.17, 15) is 12.8 Å². The van der Waals surface area contributed by atoms with Crippen molar-refractivity contribution in [3.05, 3.63) is 29.6 Å². The van der Waals surface area contributed by atoms with Gasteiger partial charge in [-0.3, -0.25) is 0 Å². The van der Waals surface area contributed by atoms with Crippen molar-refractivity contribution < 1.29 is 22.8 Å². The maximum Gasteiger partial charge on any atom is 0.153 e. The summed E-state index contributed by atoms with van der Waals surface area (Å²) in [5.41, 5.74) is 0.679. The fraction of sp³-hybridized carbons (Fsp3) is 0.462. The van der Waals surface area contributed by atoms with Crippen LogP contribution >= 0.6 is 0 Å². The molecule has 1 aromatic carbocycles. The minimum Gasteiger partial charge on any atom is -0.492 e. The lowest BCUT2D eigenvalue weighted by atomic mass is 10.1. The first kappa shape index (κ1) is 16.4. The first-order valence-electron chi connectivity index (χ1n) is 6.21. The molecule has 0 spiro atoms. The maximum atomic E-state index is 13.2. The number of halogens is 1. The third-order valence-electron chi connectivity index (χ3n) is 2.65. The normalized spacial score (nSPS) is 12.4. The van der Waals surface area contributed by atoms with Crippen LogP contribution < -0.4 is 4.74 Å². The van der Waals surface area contributed by atoms with E-state index in [1.807, 2.05) is 0 Å². The van der Waals surface area contributed by atoms with Crippen molar-refractivity contribution in [2.24, 2.45) is 5.16 Å². The standard InChI is InChI=1S/C13H18FNO4S/c1-3-7-20(17,18)8-6-19-13-9-11(14)4-5-12(13)10(2)15-16/h4-5,9,16H,3,6-8H2,1-2H3/b15-10+. The summed E-state index contributed by atoms with van der Waals surface area (Å²) in [5, 5.41) is 11.8. The summed E-state index contributed by atoms with van der Waals surface area (Å²) in [4.78, 5) is 0. The van der Waals surface area contributed by atoms with E-state index in [0.29, 0.717) is 12.0 Å². The SMILES string of the molecule is CCCS(=O)(=O)CCOc1cc(F)ccc1/C(C)=N/O. The van der Waals surface area contributed by atoms with Gasteiger partial charge in [0.1, 0.15) is 18.2 Å². The van der Waals surface area contributed by atoms with Crippen molar-refractivity contribution >= 4 is 15.5 Å². The molecule has 0 aliphatic heterocycles. The lowest BCUT2D eigenvalue weighted by Gasteiger charge is -2.11.